The maximum Gasteiger partial charge on any atom is 0.143 e. The van der Waals surface area contributed by atoms with Gasteiger partial charge in [0, 0.05) is 11.7 Å². The average Bonchev–Trinajstić information content (AvgIpc) is 1.99. The summed E-state index contributed by atoms with van der Waals surface area (Å²) in [7, 11) is 0. The van der Waals surface area contributed by atoms with E-state index in [-0.39, 0.29) is 6.04 Å². The number of nitrogens with zero attached hydrogens (tertiary/aromatic N) is 2. The van der Waals surface area contributed by atoms with E-state index in [1.807, 2.05) is 19.9 Å². The highest BCUT2D eigenvalue weighted by Crippen LogP contribution is 2.16. The number of hydrogen-bond donors (Lipinski definition) is 0. The fraction of sp³-hybridized carbons (Fsp3) is 0.455. The first-order valence-electron chi connectivity index (χ1n) is 4.87. The Morgan fingerprint density at radius 3 is 2.40 bits per heavy atom. The van der Waals surface area contributed by atoms with Gasteiger partial charge >= 0.3 is 0 Å². The molecule has 0 saturated carbocycles. The number of rotatable bonds is 2. The van der Waals surface area contributed by atoms with Crippen LogP contribution in [0.2, 0.25) is 0 Å². The zero-order chi connectivity index (χ0) is 11.6. The molecule has 1 rings (SSSR count). The van der Waals surface area contributed by atoms with Crippen LogP contribution >= 0.6 is 0 Å². The molecule has 0 atom stereocenters. The first-order chi connectivity index (χ1) is 6.91. The summed E-state index contributed by atoms with van der Waals surface area (Å²) in [5.41, 5.74) is 1.79. The molecular formula is C11H15N2O2-. The molecule has 15 heavy (non-hydrogen) atoms. The molecule has 0 radical (unpaired) electrons. The highest BCUT2D eigenvalue weighted by Gasteiger charge is 2.13. The number of pyridine rings is 1. The third kappa shape index (κ3) is 2.68. The van der Waals surface area contributed by atoms with Crippen molar-refractivity contribution in [3.05, 3.63) is 23.4 Å². The molecule has 0 saturated heterocycles. The van der Waals surface area contributed by atoms with Crippen molar-refractivity contribution in [2.24, 2.45) is 0 Å². The Morgan fingerprint density at radius 2 is 2.00 bits per heavy atom. The van der Waals surface area contributed by atoms with Crippen LogP contribution in [0, 0.1) is 13.8 Å². The quantitative estimate of drug-likeness (QED) is 0.733. The zero-order valence-corrected chi connectivity index (χ0v) is 9.44. The third-order valence-electron chi connectivity index (χ3n) is 2.04. The van der Waals surface area contributed by atoms with Crippen molar-refractivity contribution >= 4 is 11.9 Å². The van der Waals surface area contributed by atoms with Crippen LogP contribution in [0.1, 0.15) is 25.1 Å². The smallest absolute Gasteiger partial charge is 0.143 e. The normalized spacial score (nSPS) is 10.5. The van der Waals surface area contributed by atoms with Gasteiger partial charge in [-0.25, -0.2) is 4.98 Å². The molecule has 1 amide bonds. The molecule has 0 spiro atoms. The molecule has 1 aromatic rings. The molecule has 0 bridgehead atoms. The van der Waals surface area contributed by atoms with Gasteiger partial charge in [0.25, 0.3) is 0 Å². The van der Waals surface area contributed by atoms with Crippen LogP contribution < -0.4 is 10.0 Å². The van der Waals surface area contributed by atoms with Gasteiger partial charge in [-0.2, -0.15) is 0 Å². The molecule has 1 aromatic heterocycles. The predicted octanol–water partition coefficient (Wildman–Crippen LogP) is 1.26. The number of hydrogen-bond acceptors (Lipinski definition) is 3. The van der Waals surface area contributed by atoms with Gasteiger partial charge in [-0.3, -0.25) is 0 Å². The molecule has 0 aromatic carbocycles. The predicted molar refractivity (Wildman–Crippen MR) is 56.7 cm³/mol. The Balaban J connectivity index is 3.17. The SMILES string of the molecule is Cc1cc(C)nc(N(C(=O)[O-])C(C)C)c1. The van der Waals surface area contributed by atoms with Crippen molar-refractivity contribution in [1.82, 2.24) is 4.98 Å². The molecule has 4 heteroatoms. The molecule has 0 aliphatic rings. The minimum Gasteiger partial charge on any atom is -0.530 e. The lowest BCUT2D eigenvalue weighted by Gasteiger charge is -2.28. The highest BCUT2D eigenvalue weighted by atomic mass is 16.4. The van der Waals surface area contributed by atoms with E-state index >= 15 is 0 Å². The Labute approximate surface area is 89.6 Å². The molecule has 0 unspecified atom stereocenters. The van der Waals surface area contributed by atoms with E-state index in [2.05, 4.69) is 4.98 Å². The van der Waals surface area contributed by atoms with Gasteiger partial charge < -0.3 is 14.8 Å². The third-order valence-corrected chi connectivity index (χ3v) is 2.04. The number of carbonyl (C=O) groups is 1. The standard InChI is InChI=1S/C11H16N2O2/c1-7(2)13(11(14)15)10-6-8(3)5-9(4)12-10/h5-7H,1-4H3,(H,14,15)/p-1. The van der Waals surface area contributed by atoms with Gasteiger partial charge in [0.05, 0.1) is 0 Å². The van der Waals surface area contributed by atoms with Crippen molar-refractivity contribution in [3.8, 4) is 0 Å². The number of aromatic nitrogens is 1. The van der Waals surface area contributed by atoms with E-state index in [0.29, 0.717) is 5.82 Å². The fourth-order valence-electron chi connectivity index (χ4n) is 1.51. The molecule has 0 fully saturated rings. The molecule has 0 aliphatic carbocycles. The minimum atomic E-state index is -1.22. The second-order valence-electron chi connectivity index (χ2n) is 3.87. The van der Waals surface area contributed by atoms with Gasteiger partial charge in [0.15, 0.2) is 0 Å². The first kappa shape index (κ1) is 11.5. The van der Waals surface area contributed by atoms with Crippen molar-refractivity contribution in [1.29, 1.82) is 0 Å². The first-order valence-corrected chi connectivity index (χ1v) is 4.87. The summed E-state index contributed by atoms with van der Waals surface area (Å²) < 4.78 is 0. The maximum atomic E-state index is 10.9. The van der Waals surface area contributed by atoms with Crippen LogP contribution in [-0.2, 0) is 0 Å². The van der Waals surface area contributed by atoms with Gasteiger partial charge in [-0.05, 0) is 45.4 Å². The number of amides is 1. The number of aryl methyl sites for hydroxylation is 2. The maximum absolute atomic E-state index is 10.9. The molecule has 0 aliphatic heterocycles. The van der Waals surface area contributed by atoms with Gasteiger partial charge in [-0.1, -0.05) is 0 Å². The van der Waals surface area contributed by atoms with Crippen LogP contribution in [0.25, 0.3) is 0 Å². The summed E-state index contributed by atoms with van der Waals surface area (Å²) in [6.45, 7) is 7.32. The zero-order valence-electron chi connectivity index (χ0n) is 9.44. The largest absolute Gasteiger partial charge is 0.530 e. The van der Waals surface area contributed by atoms with E-state index in [9.17, 15) is 9.90 Å². The summed E-state index contributed by atoms with van der Waals surface area (Å²) in [6, 6.07) is 3.46. The lowest BCUT2D eigenvalue weighted by atomic mass is 10.2. The molecular weight excluding hydrogens is 192 g/mol. The molecule has 0 N–H and O–H groups in total. The summed E-state index contributed by atoms with van der Waals surface area (Å²) in [4.78, 5) is 16.3. The van der Waals surface area contributed by atoms with Gasteiger partial charge in [-0.15, -0.1) is 0 Å². The Bertz CT molecular complexity index is 355. The average molecular weight is 207 g/mol. The van der Waals surface area contributed by atoms with Crippen LogP contribution in [0.5, 0.6) is 0 Å². The van der Waals surface area contributed by atoms with E-state index in [1.165, 1.54) is 0 Å². The molecule has 4 nitrogen and oxygen atoms in total. The lowest BCUT2D eigenvalue weighted by molar-refractivity contribution is -0.247. The van der Waals surface area contributed by atoms with Crippen molar-refractivity contribution in [2.45, 2.75) is 33.7 Å². The molecule has 82 valence electrons. The van der Waals surface area contributed by atoms with Crippen LogP contribution in [-0.4, -0.2) is 17.1 Å². The number of anilines is 1. The monoisotopic (exact) mass is 207 g/mol. The van der Waals surface area contributed by atoms with E-state index in [1.54, 1.807) is 19.9 Å². The van der Waals surface area contributed by atoms with E-state index in [0.717, 1.165) is 16.2 Å². The summed E-state index contributed by atoms with van der Waals surface area (Å²) in [6.07, 6.45) is -1.22. The van der Waals surface area contributed by atoms with Crippen LogP contribution in [0.3, 0.4) is 0 Å². The number of carbonyl (C=O) groups excluding carboxylic acids is 1. The van der Waals surface area contributed by atoms with Crippen LogP contribution in [0.15, 0.2) is 12.1 Å². The van der Waals surface area contributed by atoms with E-state index < -0.39 is 6.09 Å². The van der Waals surface area contributed by atoms with E-state index in [4.69, 9.17) is 0 Å². The Kier molecular flexibility index (Phi) is 3.29. The van der Waals surface area contributed by atoms with Gasteiger partial charge in [0.1, 0.15) is 11.9 Å². The van der Waals surface area contributed by atoms with Crippen molar-refractivity contribution in [3.63, 3.8) is 0 Å². The summed E-state index contributed by atoms with van der Waals surface area (Å²) in [5.74, 6) is 0.433. The number of carboxylic acid groups (broad SMARTS) is 1. The van der Waals surface area contributed by atoms with Crippen LogP contribution in [0.4, 0.5) is 10.6 Å². The Morgan fingerprint density at radius 1 is 1.40 bits per heavy atom. The minimum absolute atomic E-state index is 0.177. The topological polar surface area (TPSA) is 56.3 Å². The molecule has 1 heterocycles. The second-order valence-corrected chi connectivity index (χ2v) is 3.87. The fourth-order valence-corrected chi connectivity index (χ4v) is 1.51. The summed E-state index contributed by atoms with van der Waals surface area (Å²) >= 11 is 0. The van der Waals surface area contributed by atoms with Crippen molar-refractivity contribution in [2.75, 3.05) is 4.90 Å². The highest BCUT2D eigenvalue weighted by molar-refractivity contribution is 5.83. The van der Waals surface area contributed by atoms with Gasteiger partial charge in [0.2, 0.25) is 0 Å². The Hall–Kier alpha value is -1.58. The second kappa shape index (κ2) is 4.29. The summed E-state index contributed by atoms with van der Waals surface area (Å²) in [5, 5.41) is 10.9. The van der Waals surface area contributed by atoms with Crippen molar-refractivity contribution < 1.29 is 9.90 Å². The lowest BCUT2D eigenvalue weighted by Crippen LogP contribution is -2.46.